The molecule has 0 bridgehead atoms. The molecule has 0 atom stereocenters. The van der Waals surface area contributed by atoms with Crippen LogP contribution in [-0.2, 0) is 6.54 Å². The summed E-state index contributed by atoms with van der Waals surface area (Å²) in [5, 5.41) is 4.71. The third kappa shape index (κ3) is 5.76. The molecule has 1 saturated heterocycles. The Kier molecular flexibility index (Phi) is 7.23. The van der Waals surface area contributed by atoms with Gasteiger partial charge in [-0.2, -0.15) is 5.10 Å². The van der Waals surface area contributed by atoms with E-state index in [0.717, 1.165) is 5.56 Å². The van der Waals surface area contributed by atoms with Crippen LogP contribution in [0.4, 0.5) is 14.5 Å². The van der Waals surface area contributed by atoms with Gasteiger partial charge in [-0.05, 0) is 42.0 Å². The molecule has 10 heteroatoms. The van der Waals surface area contributed by atoms with Crippen LogP contribution < -0.4 is 16.1 Å². The molecule has 0 radical (unpaired) electrons. The molecular formula is C19H19Cl2F2N5S. The van der Waals surface area contributed by atoms with Crippen molar-refractivity contribution >= 4 is 52.4 Å². The minimum atomic E-state index is -0.639. The number of benzene rings is 2. The smallest absolute Gasteiger partial charge is 0.184 e. The van der Waals surface area contributed by atoms with E-state index in [0.29, 0.717) is 42.8 Å². The van der Waals surface area contributed by atoms with Crippen LogP contribution in [0.2, 0.25) is 10.0 Å². The predicted octanol–water partition coefficient (Wildman–Crippen LogP) is 3.76. The van der Waals surface area contributed by atoms with Gasteiger partial charge < -0.3 is 10.6 Å². The van der Waals surface area contributed by atoms with Gasteiger partial charge in [-0.3, -0.25) is 10.3 Å². The number of anilines is 1. The summed E-state index contributed by atoms with van der Waals surface area (Å²) in [6, 6.07) is 7.98. The van der Waals surface area contributed by atoms with Gasteiger partial charge in [-0.25, -0.2) is 8.78 Å². The first-order valence-corrected chi connectivity index (χ1v) is 9.98. The molecule has 0 saturated carbocycles. The van der Waals surface area contributed by atoms with Gasteiger partial charge in [0.15, 0.2) is 5.11 Å². The fraction of sp³-hybridized carbons (Fsp3) is 0.263. The second-order valence-corrected chi connectivity index (χ2v) is 7.83. The fourth-order valence-corrected chi connectivity index (χ4v) is 3.53. The Morgan fingerprint density at radius 2 is 1.76 bits per heavy atom. The number of hydrazone groups is 1. The van der Waals surface area contributed by atoms with E-state index in [1.807, 2.05) is 12.1 Å². The molecule has 2 aromatic rings. The Morgan fingerprint density at radius 1 is 1.10 bits per heavy atom. The quantitative estimate of drug-likeness (QED) is 0.406. The van der Waals surface area contributed by atoms with Gasteiger partial charge in [0, 0.05) is 38.3 Å². The number of hydrogen-bond acceptors (Lipinski definition) is 4. The maximum atomic E-state index is 14.6. The highest BCUT2D eigenvalue weighted by molar-refractivity contribution is 7.80. The van der Waals surface area contributed by atoms with Crippen molar-refractivity contribution in [1.82, 2.24) is 10.3 Å². The lowest BCUT2D eigenvalue weighted by molar-refractivity contribution is 0.248. The summed E-state index contributed by atoms with van der Waals surface area (Å²) in [4.78, 5) is 3.92. The van der Waals surface area contributed by atoms with Crippen molar-refractivity contribution in [3.05, 3.63) is 63.1 Å². The van der Waals surface area contributed by atoms with Crippen molar-refractivity contribution in [2.45, 2.75) is 6.54 Å². The normalized spacial score (nSPS) is 15.1. The molecule has 5 nitrogen and oxygen atoms in total. The van der Waals surface area contributed by atoms with Crippen molar-refractivity contribution in [2.75, 3.05) is 31.1 Å². The summed E-state index contributed by atoms with van der Waals surface area (Å²) < 4.78 is 29.1. The highest BCUT2D eigenvalue weighted by Crippen LogP contribution is 2.27. The Bertz CT molecular complexity index is 910. The first kappa shape index (κ1) is 21.7. The fourth-order valence-electron chi connectivity index (χ4n) is 3.16. The van der Waals surface area contributed by atoms with E-state index >= 15 is 0 Å². The van der Waals surface area contributed by atoms with Crippen molar-refractivity contribution < 1.29 is 8.78 Å². The van der Waals surface area contributed by atoms with Gasteiger partial charge in [0.25, 0.3) is 0 Å². The van der Waals surface area contributed by atoms with E-state index < -0.39 is 11.6 Å². The molecule has 154 valence electrons. The van der Waals surface area contributed by atoms with Crippen LogP contribution in [0.5, 0.6) is 0 Å². The number of thiocarbonyl (C=S) groups is 1. The number of nitrogens with two attached hydrogens (primary N) is 1. The van der Waals surface area contributed by atoms with Crippen molar-refractivity contribution in [1.29, 1.82) is 0 Å². The topological polar surface area (TPSA) is 56.9 Å². The first-order valence-electron chi connectivity index (χ1n) is 8.82. The van der Waals surface area contributed by atoms with Gasteiger partial charge in [0.1, 0.15) is 17.3 Å². The molecule has 2 aromatic carbocycles. The Morgan fingerprint density at radius 3 is 2.34 bits per heavy atom. The number of nitrogens with zero attached hydrogens (tertiary/aromatic N) is 3. The van der Waals surface area contributed by atoms with E-state index in [-0.39, 0.29) is 16.4 Å². The minimum absolute atomic E-state index is 0.0290. The van der Waals surface area contributed by atoms with Crippen LogP contribution in [0.1, 0.15) is 11.1 Å². The maximum Gasteiger partial charge on any atom is 0.184 e. The van der Waals surface area contributed by atoms with Crippen molar-refractivity contribution in [2.24, 2.45) is 10.8 Å². The van der Waals surface area contributed by atoms with Crippen LogP contribution in [-0.4, -0.2) is 42.4 Å². The molecule has 29 heavy (non-hydrogen) atoms. The number of nitrogens with one attached hydrogen (secondary N) is 1. The number of halogens is 4. The maximum absolute atomic E-state index is 14.6. The van der Waals surface area contributed by atoms with Crippen LogP contribution >= 0.6 is 35.4 Å². The van der Waals surface area contributed by atoms with E-state index in [9.17, 15) is 8.78 Å². The Balaban J connectivity index is 1.63. The van der Waals surface area contributed by atoms with Gasteiger partial charge >= 0.3 is 0 Å². The van der Waals surface area contributed by atoms with E-state index in [1.54, 1.807) is 11.0 Å². The average Bonchev–Trinajstić information content (AvgIpc) is 2.65. The number of hydrogen-bond donors (Lipinski definition) is 2. The summed E-state index contributed by atoms with van der Waals surface area (Å²) >= 11 is 16.6. The molecule has 1 fully saturated rings. The average molecular weight is 458 g/mol. The molecule has 1 heterocycles. The number of piperazine rings is 1. The molecule has 0 unspecified atom stereocenters. The summed E-state index contributed by atoms with van der Waals surface area (Å²) in [6.45, 7) is 3.04. The molecule has 1 aliphatic rings. The second-order valence-electron chi connectivity index (χ2n) is 6.58. The SMILES string of the molecule is NC(=S)N/N=C/c1cc(F)c(N2CCN(Cc3ccc(Cl)c(Cl)c3)CC2)c(F)c1. The molecule has 3 rings (SSSR count). The first-order chi connectivity index (χ1) is 13.8. The highest BCUT2D eigenvalue weighted by atomic mass is 35.5. The third-order valence-electron chi connectivity index (χ3n) is 4.51. The molecular weight excluding hydrogens is 439 g/mol. The zero-order valence-corrected chi connectivity index (χ0v) is 17.7. The Hall–Kier alpha value is -2.00. The zero-order chi connectivity index (χ0) is 21.0. The summed E-state index contributed by atoms with van der Waals surface area (Å²) in [7, 11) is 0. The second kappa shape index (κ2) is 9.67. The van der Waals surface area contributed by atoms with Gasteiger partial charge in [0.05, 0.1) is 16.3 Å². The molecule has 0 amide bonds. The summed E-state index contributed by atoms with van der Waals surface area (Å²) in [6.07, 6.45) is 1.25. The monoisotopic (exact) mass is 457 g/mol. The molecule has 3 N–H and O–H groups in total. The standard InChI is InChI=1S/C19H19Cl2F2N5S/c20-14-2-1-12(7-15(14)21)11-27-3-5-28(6-4-27)18-16(22)8-13(9-17(18)23)10-25-26-19(24)29/h1-2,7-10H,3-6,11H2,(H3,24,26,29)/b25-10+. The predicted molar refractivity (Wildman–Crippen MR) is 118 cm³/mol. The van der Waals surface area contributed by atoms with Gasteiger partial charge in [-0.15, -0.1) is 0 Å². The van der Waals surface area contributed by atoms with Gasteiger partial charge in [-0.1, -0.05) is 29.3 Å². The van der Waals surface area contributed by atoms with Crippen molar-refractivity contribution in [3.8, 4) is 0 Å². The van der Waals surface area contributed by atoms with Crippen LogP contribution in [0.15, 0.2) is 35.4 Å². The molecule has 1 aliphatic heterocycles. The van der Waals surface area contributed by atoms with Crippen LogP contribution in [0.3, 0.4) is 0 Å². The minimum Gasteiger partial charge on any atom is -0.375 e. The molecule has 0 aromatic heterocycles. The van der Waals surface area contributed by atoms with E-state index in [2.05, 4.69) is 27.6 Å². The van der Waals surface area contributed by atoms with Crippen LogP contribution in [0, 0.1) is 11.6 Å². The third-order valence-corrected chi connectivity index (χ3v) is 5.34. The zero-order valence-electron chi connectivity index (χ0n) is 15.3. The highest BCUT2D eigenvalue weighted by Gasteiger charge is 2.23. The molecule has 0 aliphatic carbocycles. The summed E-state index contributed by atoms with van der Waals surface area (Å²) in [5.41, 5.74) is 8.87. The largest absolute Gasteiger partial charge is 0.375 e. The lowest BCUT2D eigenvalue weighted by Gasteiger charge is -2.36. The van der Waals surface area contributed by atoms with Crippen molar-refractivity contribution in [3.63, 3.8) is 0 Å². The molecule has 0 spiro atoms. The Labute approximate surface area is 183 Å². The lowest BCUT2D eigenvalue weighted by atomic mass is 10.1. The van der Waals surface area contributed by atoms with Crippen LogP contribution in [0.25, 0.3) is 0 Å². The number of rotatable bonds is 5. The van der Waals surface area contributed by atoms with E-state index in [1.165, 1.54) is 18.3 Å². The van der Waals surface area contributed by atoms with Gasteiger partial charge in [0.2, 0.25) is 0 Å². The lowest BCUT2D eigenvalue weighted by Crippen LogP contribution is -2.46. The van der Waals surface area contributed by atoms with E-state index in [4.69, 9.17) is 28.9 Å². The summed E-state index contributed by atoms with van der Waals surface area (Å²) in [5.74, 6) is -1.28.